The predicted molar refractivity (Wildman–Crippen MR) is 145 cm³/mol. The van der Waals surface area contributed by atoms with Gasteiger partial charge in [0, 0.05) is 11.1 Å². The number of hydrogen-bond acceptors (Lipinski definition) is 1. The van der Waals surface area contributed by atoms with Crippen LogP contribution in [0.25, 0.3) is 0 Å². The molecule has 0 N–H and O–H groups in total. The topological polar surface area (TPSA) is 17.1 Å². The Morgan fingerprint density at radius 3 is 1.51 bits per heavy atom. The van der Waals surface area contributed by atoms with E-state index < -0.39 is 0 Å². The average Bonchev–Trinajstić information content (AvgIpc) is 2.92. The van der Waals surface area contributed by atoms with E-state index in [1.165, 1.54) is 31.4 Å². The zero-order valence-electron chi connectivity index (χ0n) is 19.7. The summed E-state index contributed by atoms with van der Waals surface area (Å²) in [5.41, 5.74) is 5.30. The van der Waals surface area contributed by atoms with E-state index in [1.807, 2.05) is 42.5 Å². The molecule has 1 unspecified atom stereocenters. The van der Waals surface area contributed by atoms with Crippen molar-refractivity contribution in [1.82, 2.24) is 0 Å². The number of carbonyl (C=O) groups is 1. The fourth-order valence-electron chi connectivity index (χ4n) is 4.16. The molecule has 0 aliphatic heterocycles. The minimum absolute atomic E-state index is 0.0534. The van der Waals surface area contributed by atoms with Crippen molar-refractivity contribution < 1.29 is 4.79 Å². The normalized spacial score (nSPS) is 11.7. The van der Waals surface area contributed by atoms with Gasteiger partial charge in [-0.05, 0) is 73.0 Å². The van der Waals surface area contributed by atoms with Crippen LogP contribution in [0.15, 0.2) is 148 Å². The molecule has 2 heteroatoms. The fourth-order valence-corrected chi connectivity index (χ4v) is 6.20. The van der Waals surface area contributed by atoms with Crippen LogP contribution in [0.2, 0.25) is 0 Å². The van der Waals surface area contributed by atoms with Crippen LogP contribution in [0.4, 0.5) is 0 Å². The van der Waals surface area contributed by atoms with Gasteiger partial charge in [-0.2, -0.15) is 0 Å². The van der Waals surface area contributed by atoms with Gasteiger partial charge in [-0.3, -0.25) is 4.79 Å². The second kappa shape index (κ2) is 10.6. The lowest BCUT2D eigenvalue weighted by Gasteiger charge is -2.10. The van der Waals surface area contributed by atoms with Crippen molar-refractivity contribution in [3.8, 4) is 0 Å². The van der Waals surface area contributed by atoms with Crippen LogP contribution in [0.5, 0.6) is 0 Å². The molecular formula is C33H27OS+. The molecule has 35 heavy (non-hydrogen) atoms. The van der Waals surface area contributed by atoms with Crippen LogP contribution in [0.1, 0.15) is 32.6 Å². The lowest BCUT2D eigenvalue weighted by atomic mass is 10.0. The molecule has 0 aliphatic rings. The Bertz CT molecular complexity index is 1390. The first-order valence-corrected chi connectivity index (χ1v) is 13.0. The number of aryl methyl sites for hydroxylation is 1. The average molecular weight is 472 g/mol. The van der Waals surface area contributed by atoms with Gasteiger partial charge in [-0.25, -0.2) is 0 Å². The third-order valence-corrected chi connectivity index (χ3v) is 8.29. The molecule has 5 rings (SSSR count). The highest BCUT2D eigenvalue weighted by Gasteiger charge is 2.29. The van der Waals surface area contributed by atoms with Crippen LogP contribution < -0.4 is 0 Å². The van der Waals surface area contributed by atoms with Gasteiger partial charge in [-0.1, -0.05) is 90.5 Å². The van der Waals surface area contributed by atoms with Gasteiger partial charge < -0.3 is 0 Å². The summed E-state index contributed by atoms with van der Waals surface area (Å²) in [6.45, 7) is 2.12. The molecule has 0 saturated heterocycles. The van der Waals surface area contributed by atoms with E-state index in [4.69, 9.17) is 0 Å². The molecule has 0 heterocycles. The Balaban J connectivity index is 1.46. The van der Waals surface area contributed by atoms with Crippen LogP contribution in [0.3, 0.4) is 0 Å². The number of rotatable bonds is 7. The molecule has 5 aromatic carbocycles. The zero-order chi connectivity index (χ0) is 24.0. The van der Waals surface area contributed by atoms with Crippen LogP contribution in [-0.2, 0) is 17.3 Å². The molecule has 5 aromatic rings. The molecule has 0 spiro atoms. The summed E-state index contributed by atoms with van der Waals surface area (Å²) >= 11 is 0. The van der Waals surface area contributed by atoms with E-state index in [0.717, 1.165) is 6.42 Å². The second-order valence-electron chi connectivity index (χ2n) is 8.65. The van der Waals surface area contributed by atoms with Crippen molar-refractivity contribution in [3.63, 3.8) is 0 Å². The molecule has 0 bridgehead atoms. The first kappa shape index (κ1) is 22.9. The summed E-state index contributed by atoms with van der Waals surface area (Å²) in [5, 5.41) is 0. The van der Waals surface area contributed by atoms with Crippen molar-refractivity contribution in [3.05, 3.63) is 161 Å². The lowest BCUT2D eigenvalue weighted by Crippen LogP contribution is -2.06. The molecule has 0 saturated carbocycles. The highest BCUT2D eigenvalue weighted by molar-refractivity contribution is 7.97. The first-order chi connectivity index (χ1) is 17.2. The summed E-state index contributed by atoms with van der Waals surface area (Å²) in [6.07, 6.45) is 0.926. The minimum Gasteiger partial charge on any atom is -0.289 e. The predicted octanol–water partition coefficient (Wildman–Crippen LogP) is 7.91. The summed E-state index contributed by atoms with van der Waals surface area (Å²) in [4.78, 5) is 16.6. The van der Waals surface area contributed by atoms with E-state index in [9.17, 15) is 4.79 Å². The van der Waals surface area contributed by atoms with E-state index >= 15 is 0 Å². The third-order valence-electron chi connectivity index (χ3n) is 6.05. The molecule has 0 aliphatic carbocycles. The van der Waals surface area contributed by atoms with Crippen molar-refractivity contribution in [2.45, 2.75) is 28.0 Å². The van der Waals surface area contributed by atoms with Gasteiger partial charge in [0.1, 0.15) is 0 Å². The Hall–Kier alpha value is -3.88. The van der Waals surface area contributed by atoms with E-state index in [-0.39, 0.29) is 16.7 Å². The second-order valence-corrected chi connectivity index (χ2v) is 10.7. The molecule has 0 amide bonds. The molecular weight excluding hydrogens is 444 g/mol. The quantitative estimate of drug-likeness (QED) is 0.174. The first-order valence-electron chi connectivity index (χ1n) is 11.8. The Morgan fingerprint density at radius 1 is 0.514 bits per heavy atom. The number of benzene rings is 5. The smallest absolute Gasteiger partial charge is 0.193 e. The van der Waals surface area contributed by atoms with Crippen LogP contribution >= 0.6 is 0 Å². The lowest BCUT2D eigenvalue weighted by molar-refractivity contribution is 0.103. The highest BCUT2D eigenvalue weighted by Crippen LogP contribution is 2.32. The molecule has 170 valence electrons. The van der Waals surface area contributed by atoms with E-state index in [1.54, 1.807) is 0 Å². The number of ketones is 1. The molecule has 1 nitrogen and oxygen atoms in total. The summed E-state index contributed by atoms with van der Waals surface area (Å²) < 4.78 is 0. The largest absolute Gasteiger partial charge is 0.289 e. The molecule has 0 fully saturated rings. The standard InChI is InChI=1S/C33H27OS/c1-25-12-18-30(19-13-25)35(31-20-14-27(15-21-31)24-26-8-4-2-5-9-26)32-22-16-29(17-23-32)33(34)28-10-6-3-7-11-28/h2-23H,24H2,1H3/q+1. The number of hydrogen-bond donors (Lipinski definition) is 0. The van der Waals surface area contributed by atoms with Crippen molar-refractivity contribution in [2.75, 3.05) is 0 Å². The fraction of sp³-hybridized carbons (Fsp3) is 0.0606. The van der Waals surface area contributed by atoms with Gasteiger partial charge >= 0.3 is 0 Å². The SMILES string of the molecule is Cc1ccc([S+](c2ccc(Cc3ccccc3)cc2)c2ccc(C(=O)c3ccccc3)cc2)cc1. The monoisotopic (exact) mass is 471 g/mol. The van der Waals surface area contributed by atoms with Crippen LogP contribution in [-0.4, -0.2) is 5.78 Å². The Labute approximate surface area is 210 Å². The maximum Gasteiger partial charge on any atom is 0.193 e. The van der Waals surface area contributed by atoms with E-state index in [2.05, 4.69) is 97.9 Å². The molecule has 0 radical (unpaired) electrons. The highest BCUT2D eigenvalue weighted by atomic mass is 32.2. The van der Waals surface area contributed by atoms with Gasteiger partial charge in [0.25, 0.3) is 0 Å². The van der Waals surface area contributed by atoms with Gasteiger partial charge in [-0.15, -0.1) is 0 Å². The summed E-state index contributed by atoms with van der Waals surface area (Å²) in [5.74, 6) is 0.0534. The van der Waals surface area contributed by atoms with Gasteiger partial charge in [0.2, 0.25) is 0 Å². The van der Waals surface area contributed by atoms with E-state index in [0.29, 0.717) is 11.1 Å². The maximum absolute atomic E-state index is 12.9. The van der Waals surface area contributed by atoms with Crippen molar-refractivity contribution in [2.24, 2.45) is 0 Å². The minimum atomic E-state index is -0.255. The third kappa shape index (κ3) is 5.45. The maximum atomic E-state index is 12.9. The zero-order valence-corrected chi connectivity index (χ0v) is 20.5. The Morgan fingerprint density at radius 2 is 0.943 bits per heavy atom. The number of carbonyl (C=O) groups excluding carboxylic acids is 1. The molecule has 0 aromatic heterocycles. The van der Waals surface area contributed by atoms with Gasteiger partial charge in [0.05, 0.1) is 10.9 Å². The Kier molecular flexibility index (Phi) is 6.92. The molecule has 1 atom stereocenters. The van der Waals surface area contributed by atoms with Gasteiger partial charge in [0.15, 0.2) is 20.5 Å². The van der Waals surface area contributed by atoms with Crippen molar-refractivity contribution in [1.29, 1.82) is 0 Å². The summed E-state index contributed by atoms with van der Waals surface area (Å²) in [7, 11) is -0.255. The van der Waals surface area contributed by atoms with Crippen molar-refractivity contribution >= 4 is 16.7 Å². The summed E-state index contributed by atoms with van der Waals surface area (Å²) in [6, 6.07) is 45.9. The van der Waals surface area contributed by atoms with Crippen LogP contribution in [0, 0.1) is 6.92 Å².